The molecular formula is C15H19BrO3. The third kappa shape index (κ3) is 2.84. The third-order valence-corrected chi connectivity index (χ3v) is 4.50. The molecule has 1 aliphatic carbocycles. The Bertz CT molecular complexity index is 464. The number of carbonyl (C=O) groups is 1. The lowest BCUT2D eigenvalue weighted by atomic mass is 9.68. The summed E-state index contributed by atoms with van der Waals surface area (Å²) >= 11 is 3.45. The molecule has 0 aliphatic heterocycles. The van der Waals surface area contributed by atoms with Crippen LogP contribution in [0.2, 0.25) is 0 Å². The van der Waals surface area contributed by atoms with Gasteiger partial charge in [-0.05, 0) is 36.1 Å². The van der Waals surface area contributed by atoms with Gasteiger partial charge in [0.2, 0.25) is 0 Å². The molecule has 0 aromatic heterocycles. The molecule has 3 nitrogen and oxygen atoms in total. The predicted octanol–water partition coefficient (Wildman–Crippen LogP) is 3.88. The van der Waals surface area contributed by atoms with Crippen molar-refractivity contribution in [1.82, 2.24) is 0 Å². The minimum atomic E-state index is -0.740. The van der Waals surface area contributed by atoms with Crippen molar-refractivity contribution >= 4 is 21.9 Å². The van der Waals surface area contributed by atoms with Crippen molar-refractivity contribution in [3.8, 4) is 0 Å². The Hall–Kier alpha value is -0.870. The molecule has 0 saturated heterocycles. The van der Waals surface area contributed by atoms with Gasteiger partial charge in [-0.1, -0.05) is 41.3 Å². The fraction of sp³-hybridized carbons (Fsp3) is 0.533. The van der Waals surface area contributed by atoms with Gasteiger partial charge in [0.05, 0.1) is 12.0 Å². The van der Waals surface area contributed by atoms with Crippen LogP contribution in [0.4, 0.5) is 0 Å². The molecule has 2 rings (SSSR count). The van der Waals surface area contributed by atoms with Crippen molar-refractivity contribution in [2.24, 2.45) is 0 Å². The van der Waals surface area contributed by atoms with E-state index in [0.29, 0.717) is 6.61 Å². The van der Waals surface area contributed by atoms with Crippen LogP contribution in [-0.4, -0.2) is 18.2 Å². The molecule has 0 unspecified atom stereocenters. The number of benzene rings is 1. The van der Waals surface area contributed by atoms with Gasteiger partial charge in [-0.15, -0.1) is 0 Å². The molecule has 1 aliphatic rings. The Labute approximate surface area is 122 Å². The topological polar surface area (TPSA) is 46.5 Å². The molecule has 0 bridgehead atoms. The Morgan fingerprint density at radius 3 is 2.63 bits per heavy atom. The molecule has 1 saturated carbocycles. The molecular weight excluding hydrogens is 308 g/mol. The van der Waals surface area contributed by atoms with Gasteiger partial charge in [-0.25, -0.2) is 0 Å². The monoisotopic (exact) mass is 326 g/mol. The van der Waals surface area contributed by atoms with Gasteiger partial charge in [-0.2, -0.15) is 0 Å². The normalized spacial score (nSPS) is 18.2. The Balaban J connectivity index is 2.51. The van der Waals surface area contributed by atoms with Crippen molar-refractivity contribution < 1.29 is 14.6 Å². The van der Waals surface area contributed by atoms with E-state index in [-0.39, 0.29) is 0 Å². The first-order valence-electron chi connectivity index (χ1n) is 6.61. The quantitative estimate of drug-likeness (QED) is 0.913. The fourth-order valence-electron chi connectivity index (χ4n) is 3.03. The minimum absolute atomic E-state index is 0.456. The van der Waals surface area contributed by atoms with Gasteiger partial charge in [0.15, 0.2) is 0 Å². The van der Waals surface area contributed by atoms with Crippen molar-refractivity contribution in [2.45, 2.75) is 44.1 Å². The maximum absolute atomic E-state index is 11.9. The summed E-state index contributed by atoms with van der Waals surface area (Å²) in [6, 6.07) is 5.85. The summed E-state index contributed by atoms with van der Waals surface area (Å²) in [6.45, 7) is 0.456. The summed E-state index contributed by atoms with van der Waals surface area (Å²) < 4.78 is 6.14. The highest BCUT2D eigenvalue weighted by Gasteiger charge is 2.42. The van der Waals surface area contributed by atoms with Crippen LogP contribution >= 0.6 is 15.9 Å². The molecule has 19 heavy (non-hydrogen) atoms. The summed E-state index contributed by atoms with van der Waals surface area (Å²) in [4.78, 5) is 11.9. The first-order valence-corrected chi connectivity index (χ1v) is 7.41. The second-order valence-electron chi connectivity index (χ2n) is 5.18. The highest BCUT2D eigenvalue weighted by Crippen LogP contribution is 2.42. The number of carboxylic acid groups (broad SMARTS) is 1. The van der Waals surface area contributed by atoms with Crippen molar-refractivity contribution in [1.29, 1.82) is 0 Å². The zero-order valence-electron chi connectivity index (χ0n) is 11.1. The number of methoxy groups -OCH3 is 1. The number of hydrogen-bond acceptors (Lipinski definition) is 2. The van der Waals surface area contributed by atoms with E-state index >= 15 is 0 Å². The van der Waals surface area contributed by atoms with E-state index in [1.54, 1.807) is 7.11 Å². The lowest BCUT2D eigenvalue weighted by Crippen LogP contribution is -2.38. The van der Waals surface area contributed by atoms with Gasteiger partial charge < -0.3 is 9.84 Å². The average Bonchev–Trinajstić information content (AvgIpc) is 2.41. The highest BCUT2D eigenvalue weighted by atomic mass is 79.9. The summed E-state index contributed by atoms with van der Waals surface area (Å²) in [6.07, 6.45) is 4.52. The van der Waals surface area contributed by atoms with Crippen LogP contribution in [0.15, 0.2) is 22.7 Å². The van der Waals surface area contributed by atoms with Gasteiger partial charge >= 0.3 is 5.97 Å². The van der Waals surface area contributed by atoms with Crippen LogP contribution in [0.5, 0.6) is 0 Å². The van der Waals surface area contributed by atoms with Crippen LogP contribution in [0.3, 0.4) is 0 Å². The standard InChI is InChI=1S/C15H19BrO3/c1-19-10-11-5-6-12(16)9-13(11)15(14(17)18)7-3-2-4-8-15/h5-6,9H,2-4,7-8,10H2,1H3,(H,17,18). The molecule has 1 N–H and O–H groups in total. The second-order valence-corrected chi connectivity index (χ2v) is 6.10. The van der Waals surface area contributed by atoms with E-state index in [2.05, 4.69) is 15.9 Å². The van der Waals surface area contributed by atoms with Crippen molar-refractivity contribution in [2.75, 3.05) is 7.11 Å². The van der Waals surface area contributed by atoms with Crippen LogP contribution in [0.1, 0.15) is 43.2 Å². The zero-order valence-corrected chi connectivity index (χ0v) is 12.7. The molecule has 0 amide bonds. The van der Waals surface area contributed by atoms with E-state index in [1.807, 2.05) is 18.2 Å². The van der Waals surface area contributed by atoms with Gasteiger partial charge in [-0.3, -0.25) is 4.79 Å². The maximum atomic E-state index is 11.9. The van der Waals surface area contributed by atoms with E-state index in [9.17, 15) is 9.90 Å². The van der Waals surface area contributed by atoms with Gasteiger partial charge in [0.1, 0.15) is 0 Å². The lowest BCUT2D eigenvalue weighted by Gasteiger charge is -2.35. The third-order valence-electron chi connectivity index (χ3n) is 4.00. The lowest BCUT2D eigenvalue weighted by molar-refractivity contribution is -0.145. The SMILES string of the molecule is COCc1ccc(Br)cc1C1(C(=O)O)CCCCC1. The predicted molar refractivity (Wildman–Crippen MR) is 77.3 cm³/mol. The first-order chi connectivity index (χ1) is 9.10. The smallest absolute Gasteiger partial charge is 0.314 e. The van der Waals surface area contributed by atoms with Crippen LogP contribution in [0.25, 0.3) is 0 Å². The number of halogens is 1. The molecule has 0 atom stereocenters. The molecule has 1 fully saturated rings. The first kappa shape index (κ1) is 14.5. The summed E-state index contributed by atoms with van der Waals surface area (Å²) in [5, 5.41) is 9.77. The molecule has 104 valence electrons. The minimum Gasteiger partial charge on any atom is -0.481 e. The Morgan fingerprint density at radius 2 is 2.05 bits per heavy atom. The molecule has 0 radical (unpaired) electrons. The number of hydrogen-bond donors (Lipinski definition) is 1. The van der Waals surface area contributed by atoms with E-state index in [0.717, 1.165) is 47.7 Å². The summed E-state index contributed by atoms with van der Waals surface area (Å²) in [5.74, 6) is -0.706. The van der Waals surface area contributed by atoms with E-state index in [1.165, 1.54) is 0 Å². The zero-order chi connectivity index (χ0) is 13.9. The van der Waals surface area contributed by atoms with Gasteiger partial charge in [0.25, 0.3) is 0 Å². The molecule has 1 aromatic carbocycles. The number of aliphatic carboxylic acids is 1. The van der Waals surface area contributed by atoms with Gasteiger partial charge in [0, 0.05) is 11.6 Å². The van der Waals surface area contributed by atoms with Crippen LogP contribution < -0.4 is 0 Å². The van der Waals surface area contributed by atoms with Crippen molar-refractivity contribution in [3.05, 3.63) is 33.8 Å². The van der Waals surface area contributed by atoms with Crippen molar-refractivity contribution in [3.63, 3.8) is 0 Å². The van der Waals surface area contributed by atoms with E-state index in [4.69, 9.17) is 4.74 Å². The average molecular weight is 327 g/mol. The van der Waals surface area contributed by atoms with Crippen LogP contribution in [0, 0.1) is 0 Å². The maximum Gasteiger partial charge on any atom is 0.314 e. The van der Waals surface area contributed by atoms with E-state index < -0.39 is 11.4 Å². The number of ether oxygens (including phenoxy) is 1. The molecule has 0 heterocycles. The summed E-state index contributed by atoms with van der Waals surface area (Å²) in [7, 11) is 1.64. The summed E-state index contributed by atoms with van der Waals surface area (Å²) in [5.41, 5.74) is 1.15. The highest BCUT2D eigenvalue weighted by molar-refractivity contribution is 9.10. The number of carboxylic acids is 1. The molecule has 1 aromatic rings. The number of rotatable bonds is 4. The Morgan fingerprint density at radius 1 is 1.37 bits per heavy atom. The molecule has 4 heteroatoms. The molecule has 0 spiro atoms. The van der Waals surface area contributed by atoms with Crippen LogP contribution in [-0.2, 0) is 21.6 Å². The Kier molecular flexibility index (Phi) is 4.63. The largest absolute Gasteiger partial charge is 0.481 e. The second kappa shape index (κ2) is 6.06. The fourth-order valence-corrected chi connectivity index (χ4v) is 3.39.